The number of nitrogens with one attached hydrogen (secondary N) is 1. The number of rotatable bonds is 2. The molecule has 0 bridgehead atoms. The second kappa shape index (κ2) is 6.53. The van der Waals surface area contributed by atoms with Crippen molar-refractivity contribution in [2.45, 2.75) is 89.8 Å². The number of Topliss-reactive ketones (excluding diaryl/α,β-unsaturated/α-hetero) is 1. The molecule has 5 aliphatic rings. The maximum absolute atomic E-state index is 12.6. The quantitative estimate of drug-likeness (QED) is 0.711. The minimum Gasteiger partial charge on any atom is -0.391 e. The molecular weight excluding hydrogens is 352 g/mol. The first-order chi connectivity index (χ1) is 13.4. The van der Waals surface area contributed by atoms with Crippen LogP contribution in [0.15, 0.2) is 5.16 Å². The highest BCUT2D eigenvalue weighted by atomic mass is 16.6. The highest BCUT2D eigenvalue weighted by molar-refractivity contribution is 5.87. The van der Waals surface area contributed by atoms with E-state index in [0.29, 0.717) is 30.0 Å². The molecule has 5 nitrogen and oxygen atoms in total. The van der Waals surface area contributed by atoms with Crippen LogP contribution >= 0.6 is 0 Å². The number of aliphatic hydroxyl groups is 1. The molecule has 4 saturated carbocycles. The van der Waals surface area contributed by atoms with E-state index in [-0.39, 0.29) is 16.9 Å². The van der Waals surface area contributed by atoms with Crippen LogP contribution in [0, 0.1) is 28.6 Å². The SMILES string of the molecule is C[C@]12CC[C@H]3[C@@H](CC[C@@]4(O)C/C(=N\O[C@H]5CCNC5)CC[C@]34C)[C@@H]1CCC2=O. The van der Waals surface area contributed by atoms with E-state index in [1.807, 2.05) is 0 Å². The molecule has 0 aromatic carbocycles. The van der Waals surface area contributed by atoms with E-state index in [9.17, 15) is 9.90 Å². The lowest BCUT2D eigenvalue weighted by molar-refractivity contribution is -0.188. The van der Waals surface area contributed by atoms with Crippen molar-refractivity contribution in [1.82, 2.24) is 5.32 Å². The fraction of sp³-hybridized carbons (Fsp3) is 0.913. The fourth-order valence-electron chi connectivity index (χ4n) is 7.77. The molecule has 2 N–H and O–H groups in total. The number of carbonyl (C=O) groups excluding carboxylic acids is 1. The molecule has 0 aromatic rings. The first kappa shape index (κ1) is 19.0. The summed E-state index contributed by atoms with van der Waals surface area (Å²) in [6.07, 6.45) is 9.64. The molecule has 5 heteroatoms. The summed E-state index contributed by atoms with van der Waals surface area (Å²) in [7, 11) is 0. The Morgan fingerprint density at radius 3 is 2.71 bits per heavy atom. The Kier molecular flexibility index (Phi) is 4.44. The molecular formula is C23H36N2O3. The number of nitrogens with zero attached hydrogens (tertiary/aromatic N) is 1. The van der Waals surface area contributed by atoms with Crippen LogP contribution in [-0.2, 0) is 9.63 Å². The zero-order valence-electron chi connectivity index (χ0n) is 17.5. The Balaban J connectivity index is 1.35. The van der Waals surface area contributed by atoms with Crippen molar-refractivity contribution in [3.8, 4) is 0 Å². The molecule has 28 heavy (non-hydrogen) atoms. The number of fused-ring (bicyclic) bond motifs is 5. The van der Waals surface area contributed by atoms with Crippen molar-refractivity contribution < 1.29 is 14.7 Å². The summed E-state index contributed by atoms with van der Waals surface area (Å²) in [4.78, 5) is 18.3. The Bertz CT molecular complexity index is 687. The first-order valence-corrected chi connectivity index (χ1v) is 11.5. The van der Waals surface area contributed by atoms with E-state index in [2.05, 4.69) is 24.3 Å². The van der Waals surface area contributed by atoms with Gasteiger partial charge in [-0.05, 0) is 69.2 Å². The summed E-state index contributed by atoms with van der Waals surface area (Å²) in [5.74, 6) is 2.18. The van der Waals surface area contributed by atoms with Gasteiger partial charge in [-0.25, -0.2) is 0 Å². The zero-order valence-corrected chi connectivity index (χ0v) is 17.5. The van der Waals surface area contributed by atoms with Crippen LogP contribution in [0.5, 0.6) is 0 Å². The lowest BCUT2D eigenvalue weighted by atomic mass is 9.43. The third-order valence-corrected chi connectivity index (χ3v) is 9.69. The average Bonchev–Trinajstić information content (AvgIpc) is 3.29. The minimum atomic E-state index is -0.668. The number of ketones is 1. The van der Waals surface area contributed by atoms with Gasteiger partial charge in [0.25, 0.3) is 0 Å². The van der Waals surface area contributed by atoms with Gasteiger partial charge in [-0.2, -0.15) is 0 Å². The van der Waals surface area contributed by atoms with Gasteiger partial charge in [-0.3, -0.25) is 4.79 Å². The Morgan fingerprint density at radius 2 is 1.93 bits per heavy atom. The van der Waals surface area contributed by atoms with Gasteiger partial charge in [0.1, 0.15) is 11.9 Å². The number of hydrogen-bond acceptors (Lipinski definition) is 5. The average molecular weight is 389 g/mol. The van der Waals surface area contributed by atoms with Crippen LogP contribution in [0.3, 0.4) is 0 Å². The summed E-state index contributed by atoms with van der Waals surface area (Å²) in [6.45, 7) is 6.44. The summed E-state index contributed by atoms with van der Waals surface area (Å²) in [5.41, 5.74) is 0.231. The van der Waals surface area contributed by atoms with E-state index < -0.39 is 5.60 Å². The molecule has 156 valence electrons. The van der Waals surface area contributed by atoms with Gasteiger partial charge in [0.05, 0.1) is 11.3 Å². The fourth-order valence-corrected chi connectivity index (χ4v) is 7.77. The predicted molar refractivity (Wildman–Crippen MR) is 108 cm³/mol. The number of carbonyl (C=O) groups is 1. The van der Waals surface area contributed by atoms with E-state index in [0.717, 1.165) is 76.6 Å². The predicted octanol–water partition coefficient (Wildman–Crippen LogP) is 3.45. The Hall–Kier alpha value is -0.940. The second-order valence-corrected chi connectivity index (χ2v) is 10.8. The van der Waals surface area contributed by atoms with Crippen molar-refractivity contribution in [2.24, 2.45) is 33.7 Å². The lowest BCUT2D eigenvalue weighted by Gasteiger charge is -2.62. The van der Waals surface area contributed by atoms with Crippen molar-refractivity contribution in [3.05, 3.63) is 0 Å². The van der Waals surface area contributed by atoms with Gasteiger partial charge in [0.15, 0.2) is 0 Å². The molecule has 0 amide bonds. The molecule has 1 aliphatic heterocycles. The summed E-state index contributed by atoms with van der Waals surface area (Å²) < 4.78 is 0. The summed E-state index contributed by atoms with van der Waals surface area (Å²) in [5, 5.41) is 19.6. The van der Waals surface area contributed by atoms with Crippen molar-refractivity contribution in [2.75, 3.05) is 13.1 Å². The van der Waals surface area contributed by atoms with Crippen molar-refractivity contribution in [1.29, 1.82) is 0 Å². The van der Waals surface area contributed by atoms with Crippen LogP contribution in [0.2, 0.25) is 0 Å². The molecule has 0 spiro atoms. The van der Waals surface area contributed by atoms with Crippen LogP contribution in [-0.4, -0.2) is 41.4 Å². The van der Waals surface area contributed by atoms with Crippen LogP contribution in [0.1, 0.15) is 78.1 Å². The normalized spacial score (nSPS) is 52.2. The molecule has 5 fully saturated rings. The molecule has 5 rings (SSSR count). The standard InChI is InChI=1S/C23H36N2O3/c1-21-9-7-19-17(18(21)3-4-20(21)26)6-11-23(27)13-15(5-10-22(19,23)2)25-28-16-8-12-24-14-16/h16-19,24,27H,3-14H2,1-2H3/b25-15-/t16-,17-,18-,19-,21-,22+,23+/m0/s1. The van der Waals surface area contributed by atoms with E-state index in [1.165, 1.54) is 0 Å². The largest absolute Gasteiger partial charge is 0.391 e. The van der Waals surface area contributed by atoms with Gasteiger partial charge in [-0.1, -0.05) is 19.0 Å². The smallest absolute Gasteiger partial charge is 0.141 e. The first-order valence-electron chi connectivity index (χ1n) is 11.5. The Labute approximate surface area is 168 Å². The maximum atomic E-state index is 12.6. The lowest BCUT2D eigenvalue weighted by Crippen LogP contribution is -2.62. The highest BCUT2D eigenvalue weighted by Gasteiger charge is 2.64. The molecule has 7 atom stereocenters. The van der Waals surface area contributed by atoms with Gasteiger partial charge in [0, 0.05) is 36.6 Å². The van der Waals surface area contributed by atoms with E-state index in [4.69, 9.17) is 4.84 Å². The van der Waals surface area contributed by atoms with Crippen LogP contribution in [0.4, 0.5) is 0 Å². The van der Waals surface area contributed by atoms with Gasteiger partial charge >= 0.3 is 0 Å². The second-order valence-electron chi connectivity index (χ2n) is 10.8. The van der Waals surface area contributed by atoms with E-state index in [1.54, 1.807) is 0 Å². The molecule has 1 heterocycles. The van der Waals surface area contributed by atoms with Gasteiger partial charge < -0.3 is 15.3 Å². The van der Waals surface area contributed by atoms with Gasteiger partial charge in [0.2, 0.25) is 0 Å². The monoisotopic (exact) mass is 388 g/mol. The molecule has 4 aliphatic carbocycles. The highest BCUT2D eigenvalue weighted by Crippen LogP contribution is 2.66. The van der Waals surface area contributed by atoms with Gasteiger partial charge in [-0.15, -0.1) is 0 Å². The topological polar surface area (TPSA) is 70.9 Å². The molecule has 0 aromatic heterocycles. The Morgan fingerprint density at radius 1 is 1.07 bits per heavy atom. The summed E-state index contributed by atoms with van der Waals surface area (Å²) in [6, 6.07) is 0. The third kappa shape index (κ3) is 2.64. The summed E-state index contributed by atoms with van der Waals surface area (Å²) >= 11 is 0. The van der Waals surface area contributed by atoms with Crippen molar-refractivity contribution >= 4 is 11.5 Å². The molecule has 0 radical (unpaired) electrons. The minimum absolute atomic E-state index is 0.0587. The number of oxime groups is 1. The zero-order chi connectivity index (χ0) is 19.6. The maximum Gasteiger partial charge on any atom is 0.141 e. The third-order valence-electron chi connectivity index (χ3n) is 9.69. The van der Waals surface area contributed by atoms with Crippen LogP contribution in [0.25, 0.3) is 0 Å². The number of hydrogen-bond donors (Lipinski definition) is 2. The van der Waals surface area contributed by atoms with E-state index >= 15 is 0 Å². The van der Waals surface area contributed by atoms with Crippen LogP contribution < -0.4 is 5.32 Å². The molecule has 1 saturated heterocycles. The molecule has 0 unspecified atom stereocenters. The van der Waals surface area contributed by atoms with Crippen molar-refractivity contribution in [3.63, 3.8) is 0 Å².